The number of nitrogens with zero attached hydrogens (tertiary/aromatic N) is 3. The number of hydrogen-bond donors (Lipinski definition) is 0. The quantitative estimate of drug-likeness (QED) is 0.187. The largest absolute Gasteiger partial charge is 0.300 e. The van der Waals surface area contributed by atoms with Crippen LogP contribution in [0, 0.1) is 93.3 Å². The standard InChI is InChI=1S/2C9H10BNO3.C8H8BNO3.3U/c1-2-7(12)6(10)5-11-8(13)3-4-9(11)14;1-2-6(12)5-7(10)11-8(13)3-4-9(11)14;1-2-5(11)8(9)10-6(12)3-4-7(10)13;;;/h3-4,6H,2,5H2,1H3;3-4,7H,2,5H2,1H3;3-4,8H,2H2,1H3;;;. The Hall–Kier alpha value is -0.999. The van der Waals surface area contributed by atoms with Crippen molar-refractivity contribution in [3.05, 3.63) is 36.5 Å². The molecule has 44 heavy (non-hydrogen) atoms. The molecule has 0 fully saturated rings. The van der Waals surface area contributed by atoms with Crippen LogP contribution in [-0.4, -0.2) is 109 Å². The number of carbonyl (C=O) groups excluding carboxylic acids is 9. The van der Waals surface area contributed by atoms with Gasteiger partial charge in [-0.1, -0.05) is 20.8 Å². The first-order valence-corrected chi connectivity index (χ1v) is 12.7. The van der Waals surface area contributed by atoms with Crippen molar-refractivity contribution in [1.82, 2.24) is 14.7 Å². The molecule has 0 spiro atoms. The number of Topliss-reactive ketones (excluding diaryl/α,β-unsaturated/α-hetero) is 3. The summed E-state index contributed by atoms with van der Waals surface area (Å²) < 4.78 is 0. The Morgan fingerprint density at radius 3 is 1.32 bits per heavy atom. The second-order valence-corrected chi connectivity index (χ2v) is 8.73. The van der Waals surface area contributed by atoms with Gasteiger partial charge in [0.15, 0.2) is 0 Å². The molecule has 3 unspecified atom stereocenters. The van der Waals surface area contributed by atoms with E-state index in [0.717, 1.165) is 39.0 Å². The van der Waals surface area contributed by atoms with E-state index < -0.39 is 53.1 Å². The maximum absolute atomic E-state index is 11.1. The molecule has 0 aromatic heterocycles. The van der Waals surface area contributed by atoms with Gasteiger partial charge < -0.3 is 4.79 Å². The van der Waals surface area contributed by atoms with E-state index in [1.54, 1.807) is 20.8 Å². The van der Waals surface area contributed by atoms with Gasteiger partial charge in [-0.05, 0) is 5.82 Å². The summed E-state index contributed by atoms with van der Waals surface area (Å²) >= 11 is 0. The minimum Gasteiger partial charge on any atom is -0.300 e. The molecule has 0 N–H and O–H groups in total. The second-order valence-electron chi connectivity index (χ2n) is 8.73. The van der Waals surface area contributed by atoms with Gasteiger partial charge in [0.05, 0.1) is 13.8 Å². The van der Waals surface area contributed by atoms with Crippen LogP contribution >= 0.6 is 0 Å². The summed E-state index contributed by atoms with van der Waals surface area (Å²) in [5, 5.41) is 0. The zero-order valence-electron chi connectivity index (χ0n) is 24.5. The Morgan fingerprint density at radius 1 is 0.591 bits per heavy atom. The van der Waals surface area contributed by atoms with E-state index in [-0.39, 0.29) is 130 Å². The fraction of sp³-hybridized carbons (Fsp3) is 0.423. The summed E-state index contributed by atoms with van der Waals surface area (Å²) in [5.41, 5.74) is 0. The molecule has 0 aromatic rings. The van der Waals surface area contributed by atoms with Gasteiger partial charge in [0, 0.05) is 168 Å². The first-order chi connectivity index (χ1) is 19.2. The molecular formula is C26H28B3N3O9U3. The first kappa shape index (κ1) is 47.4. The van der Waals surface area contributed by atoms with Gasteiger partial charge in [-0.15, -0.1) is 0 Å². The van der Waals surface area contributed by atoms with E-state index in [0.29, 0.717) is 12.8 Å². The Labute approximate surface area is 331 Å². The summed E-state index contributed by atoms with van der Waals surface area (Å²) in [5.74, 6) is -6.07. The predicted molar refractivity (Wildman–Crippen MR) is 147 cm³/mol. The van der Waals surface area contributed by atoms with Crippen LogP contribution in [0.4, 0.5) is 0 Å². The van der Waals surface area contributed by atoms with Gasteiger partial charge in [0.2, 0.25) is 0 Å². The predicted octanol–water partition coefficient (Wildman–Crippen LogP) is -0.992. The van der Waals surface area contributed by atoms with E-state index in [9.17, 15) is 43.2 Å². The van der Waals surface area contributed by atoms with E-state index in [1.807, 2.05) is 0 Å². The van der Waals surface area contributed by atoms with Crippen LogP contribution in [0.3, 0.4) is 0 Å². The van der Waals surface area contributed by atoms with Crippen molar-refractivity contribution in [3.63, 3.8) is 0 Å². The molecule has 3 aliphatic heterocycles. The maximum atomic E-state index is 11.1. The summed E-state index contributed by atoms with van der Waals surface area (Å²) in [6, 6.07) is 0. The Kier molecular flexibility index (Phi) is 25.1. The number of amides is 6. The van der Waals surface area contributed by atoms with Crippen LogP contribution in [-0.2, 0) is 43.2 Å². The Balaban J connectivity index is -0.000000555. The number of ketones is 3. The third-order valence-electron chi connectivity index (χ3n) is 5.85. The van der Waals surface area contributed by atoms with E-state index in [4.69, 9.17) is 23.5 Å². The van der Waals surface area contributed by atoms with Crippen molar-refractivity contribution in [1.29, 1.82) is 0 Å². The van der Waals surface area contributed by atoms with Crippen molar-refractivity contribution >= 4 is 76.3 Å². The molecule has 0 aliphatic carbocycles. The number of carbonyl (C=O) groups is 9. The monoisotopic (exact) mass is 1270 g/mol. The third-order valence-corrected chi connectivity index (χ3v) is 5.85. The van der Waals surface area contributed by atoms with Gasteiger partial charge >= 0.3 is 0 Å². The average Bonchev–Trinajstić information content (AvgIpc) is 3.58. The van der Waals surface area contributed by atoms with Crippen LogP contribution in [0.25, 0.3) is 0 Å². The minimum absolute atomic E-state index is 0. The first-order valence-electron chi connectivity index (χ1n) is 12.7. The number of rotatable bonds is 11. The van der Waals surface area contributed by atoms with Gasteiger partial charge in [-0.3, -0.25) is 53.1 Å². The third kappa shape index (κ3) is 14.2. The van der Waals surface area contributed by atoms with Gasteiger partial charge in [0.25, 0.3) is 35.4 Å². The molecule has 6 radical (unpaired) electrons. The molecule has 18 heteroatoms. The maximum Gasteiger partial charge on any atom is 0.253 e. The van der Waals surface area contributed by atoms with Crippen molar-refractivity contribution in [2.24, 2.45) is 0 Å². The summed E-state index contributed by atoms with van der Waals surface area (Å²) in [6.45, 7) is 4.99. The van der Waals surface area contributed by atoms with Gasteiger partial charge in [0.1, 0.15) is 33.0 Å². The minimum atomic E-state index is -1.14. The fourth-order valence-electron chi connectivity index (χ4n) is 3.42. The SMILES string of the molecule is [B]C(C(=O)CC)N1C(=O)C=CC1=O.[B]C(CC(=O)CC)N1C(=O)C=CC1=O.[B]C(CN1C(=O)C=CC1=O)C(=O)CC.[U].[U].[U]. The van der Waals surface area contributed by atoms with Crippen LogP contribution in [0.2, 0.25) is 5.82 Å². The molecule has 222 valence electrons. The van der Waals surface area contributed by atoms with Crippen molar-refractivity contribution in [2.45, 2.75) is 64.2 Å². The Bertz CT molecular complexity index is 1170. The van der Waals surface area contributed by atoms with Crippen LogP contribution in [0.5, 0.6) is 0 Å². The molecular weight excluding hydrogens is 1240 g/mol. The smallest absolute Gasteiger partial charge is 0.253 e. The van der Waals surface area contributed by atoms with E-state index >= 15 is 0 Å². The normalized spacial score (nSPS) is 16.6. The van der Waals surface area contributed by atoms with Crippen LogP contribution in [0.1, 0.15) is 46.5 Å². The van der Waals surface area contributed by atoms with Gasteiger partial charge in [-0.2, -0.15) is 0 Å². The molecule has 3 rings (SSSR count). The average molecular weight is 1270 g/mol. The van der Waals surface area contributed by atoms with Crippen molar-refractivity contribution < 1.29 is 136 Å². The Morgan fingerprint density at radius 2 is 0.955 bits per heavy atom. The van der Waals surface area contributed by atoms with Crippen LogP contribution in [0.15, 0.2) is 36.5 Å². The molecule has 6 amide bonds. The van der Waals surface area contributed by atoms with E-state index in [2.05, 4.69) is 0 Å². The molecule has 12 nitrogen and oxygen atoms in total. The molecule has 3 heterocycles. The molecule has 0 aromatic carbocycles. The van der Waals surface area contributed by atoms with E-state index in [1.165, 1.54) is 12.2 Å². The van der Waals surface area contributed by atoms with Crippen molar-refractivity contribution in [3.8, 4) is 0 Å². The summed E-state index contributed by atoms with van der Waals surface area (Å²) in [6.07, 6.45) is 7.75. The fourth-order valence-corrected chi connectivity index (χ4v) is 3.42. The number of imide groups is 3. The zero-order valence-corrected chi connectivity index (χ0v) is 37.0. The zero-order chi connectivity index (χ0) is 31.4. The molecule has 0 saturated carbocycles. The van der Waals surface area contributed by atoms with Crippen LogP contribution < -0.4 is 0 Å². The molecule has 3 atom stereocenters. The van der Waals surface area contributed by atoms with Gasteiger partial charge in [-0.25, -0.2) is 0 Å². The molecule has 0 bridgehead atoms. The molecule has 3 aliphatic rings. The summed E-state index contributed by atoms with van der Waals surface area (Å²) in [4.78, 5) is 102. The summed E-state index contributed by atoms with van der Waals surface area (Å²) in [7, 11) is 16.5. The second kappa shape index (κ2) is 23.3. The topological polar surface area (TPSA) is 163 Å². The molecule has 0 saturated heterocycles. The van der Waals surface area contributed by atoms with Crippen molar-refractivity contribution in [2.75, 3.05) is 6.54 Å². The number of hydrogen-bond acceptors (Lipinski definition) is 9.